The normalized spacial score (nSPS) is 23.9. The first kappa shape index (κ1) is 23.8. The number of halogens is 4. The van der Waals surface area contributed by atoms with Crippen LogP contribution in [0.5, 0.6) is 5.75 Å². The van der Waals surface area contributed by atoms with Gasteiger partial charge in [-0.1, -0.05) is 11.6 Å². The van der Waals surface area contributed by atoms with Crippen LogP contribution in [0.4, 0.5) is 13.2 Å². The average Bonchev–Trinajstić information content (AvgIpc) is 3.15. The molecule has 0 saturated carbocycles. The van der Waals surface area contributed by atoms with Gasteiger partial charge in [-0.2, -0.15) is 13.2 Å². The summed E-state index contributed by atoms with van der Waals surface area (Å²) in [5, 5.41) is 15.1. The van der Waals surface area contributed by atoms with Gasteiger partial charge in [0.05, 0.1) is 33.6 Å². The number of hydrogen-bond donors (Lipinski definition) is 2. The second-order valence-electron chi connectivity index (χ2n) is 8.96. The summed E-state index contributed by atoms with van der Waals surface area (Å²) in [7, 11) is 0. The molecule has 0 bridgehead atoms. The van der Waals surface area contributed by atoms with Crippen molar-refractivity contribution < 1.29 is 23.0 Å². The van der Waals surface area contributed by atoms with Gasteiger partial charge in [-0.25, -0.2) is 4.98 Å². The molecule has 10 heteroatoms. The molecule has 3 aromatic rings. The van der Waals surface area contributed by atoms with Gasteiger partial charge in [-0.15, -0.1) is 0 Å². The number of fused-ring (bicyclic) bond motifs is 1. The molecule has 33 heavy (non-hydrogen) atoms. The molecule has 0 amide bonds. The highest BCUT2D eigenvalue weighted by Gasteiger charge is 2.40. The van der Waals surface area contributed by atoms with Crippen molar-refractivity contribution in [1.29, 1.82) is 0 Å². The van der Waals surface area contributed by atoms with Crippen LogP contribution in [-0.4, -0.2) is 38.3 Å². The number of imidazole rings is 1. The summed E-state index contributed by atoms with van der Waals surface area (Å²) in [6, 6.07) is 5.37. The molecule has 1 aliphatic heterocycles. The number of benzene rings is 1. The molecule has 2 aromatic heterocycles. The largest absolute Gasteiger partial charge is 0.492 e. The van der Waals surface area contributed by atoms with Crippen molar-refractivity contribution in [2.75, 3.05) is 6.61 Å². The smallest absolute Gasteiger partial charge is 0.418 e. The van der Waals surface area contributed by atoms with E-state index in [1.54, 1.807) is 26.0 Å². The van der Waals surface area contributed by atoms with Crippen LogP contribution < -0.4 is 10.1 Å². The third-order valence-corrected chi connectivity index (χ3v) is 6.13. The van der Waals surface area contributed by atoms with Crippen molar-refractivity contribution in [3.8, 4) is 5.75 Å². The zero-order chi connectivity index (χ0) is 24.0. The summed E-state index contributed by atoms with van der Waals surface area (Å²) < 4.78 is 48.8. The lowest BCUT2D eigenvalue weighted by Crippen LogP contribution is -2.53. The van der Waals surface area contributed by atoms with E-state index >= 15 is 0 Å². The van der Waals surface area contributed by atoms with Crippen LogP contribution in [-0.2, 0) is 11.8 Å². The van der Waals surface area contributed by atoms with Crippen molar-refractivity contribution in [2.24, 2.45) is 0 Å². The number of alkyl halides is 3. The molecule has 0 aliphatic carbocycles. The first-order chi connectivity index (χ1) is 15.5. The molecule has 1 saturated heterocycles. The summed E-state index contributed by atoms with van der Waals surface area (Å²) in [5.41, 5.74) is -1.21. The number of pyridine rings is 1. The highest BCUT2D eigenvalue weighted by Crippen LogP contribution is 2.39. The first-order valence-electron chi connectivity index (χ1n) is 10.8. The maximum absolute atomic E-state index is 13.8. The standard InChI is InChI=1S/C23H26ClF3N4O2/c1-13(2)31-12-29-19-7-17(6-18(21(19)31)23(25,26)27)33-11-16-9-22(32,8-14(3)30-16)20-5-4-15(24)10-28-20/h4-7,10,12-14,16,30,32H,8-9,11H2,1-3H3. The topological polar surface area (TPSA) is 72.2 Å². The van der Waals surface area contributed by atoms with E-state index in [4.69, 9.17) is 16.3 Å². The molecule has 1 aromatic carbocycles. The number of hydrogen-bond acceptors (Lipinski definition) is 5. The fraction of sp³-hybridized carbons (Fsp3) is 0.478. The van der Waals surface area contributed by atoms with E-state index in [2.05, 4.69) is 15.3 Å². The molecular formula is C23H26ClF3N4O2. The highest BCUT2D eigenvalue weighted by molar-refractivity contribution is 6.30. The lowest BCUT2D eigenvalue weighted by Gasteiger charge is -2.40. The van der Waals surface area contributed by atoms with Gasteiger partial charge >= 0.3 is 6.18 Å². The molecule has 4 rings (SSSR count). The molecule has 1 aliphatic rings. The monoisotopic (exact) mass is 482 g/mol. The van der Waals surface area contributed by atoms with E-state index in [9.17, 15) is 18.3 Å². The molecule has 6 nitrogen and oxygen atoms in total. The summed E-state index contributed by atoms with van der Waals surface area (Å²) in [4.78, 5) is 8.42. The fourth-order valence-corrected chi connectivity index (χ4v) is 4.63. The predicted molar refractivity (Wildman–Crippen MR) is 119 cm³/mol. The van der Waals surface area contributed by atoms with Crippen molar-refractivity contribution in [3.63, 3.8) is 0 Å². The van der Waals surface area contributed by atoms with E-state index in [0.29, 0.717) is 23.6 Å². The van der Waals surface area contributed by atoms with Crippen molar-refractivity contribution in [3.05, 3.63) is 53.1 Å². The number of piperidine rings is 1. The quantitative estimate of drug-likeness (QED) is 0.530. The van der Waals surface area contributed by atoms with Crippen LogP contribution in [0.25, 0.3) is 11.0 Å². The first-order valence-corrected chi connectivity index (χ1v) is 11.1. The fourth-order valence-electron chi connectivity index (χ4n) is 4.52. The lowest BCUT2D eigenvalue weighted by molar-refractivity contribution is -0.136. The Morgan fingerprint density at radius 1 is 1.27 bits per heavy atom. The number of aliphatic hydroxyl groups is 1. The minimum Gasteiger partial charge on any atom is -0.492 e. The molecule has 2 N–H and O–H groups in total. The Bertz CT molecular complexity index is 1130. The Morgan fingerprint density at radius 2 is 2.03 bits per heavy atom. The summed E-state index contributed by atoms with van der Waals surface area (Å²) >= 11 is 5.91. The average molecular weight is 483 g/mol. The van der Waals surface area contributed by atoms with E-state index in [0.717, 1.165) is 6.07 Å². The van der Waals surface area contributed by atoms with Crippen LogP contribution in [0.1, 0.15) is 50.9 Å². The van der Waals surface area contributed by atoms with Crippen LogP contribution in [0.15, 0.2) is 36.8 Å². The van der Waals surface area contributed by atoms with Crippen LogP contribution >= 0.6 is 11.6 Å². The zero-order valence-electron chi connectivity index (χ0n) is 18.5. The molecule has 178 valence electrons. The van der Waals surface area contributed by atoms with Crippen molar-refractivity contribution in [1.82, 2.24) is 19.9 Å². The van der Waals surface area contributed by atoms with Gasteiger partial charge in [-0.05, 0) is 45.4 Å². The maximum Gasteiger partial charge on any atom is 0.418 e. The summed E-state index contributed by atoms with van der Waals surface area (Å²) in [5.74, 6) is 0.0806. The van der Waals surface area contributed by atoms with Gasteiger partial charge in [0.2, 0.25) is 0 Å². The van der Waals surface area contributed by atoms with Gasteiger partial charge in [0.25, 0.3) is 0 Å². The molecule has 3 heterocycles. The van der Waals surface area contributed by atoms with Gasteiger partial charge in [0, 0.05) is 36.8 Å². The molecular weight excluding hydrogens is 457 g/mol. The maximum atomic E-state index is 13.8. The zero-order valence-corrected chi connectivity index (χ0v) is 19.3. The highest BCUT2D eigenvalue weighted by atomic mass is 35.5. The lowest BCUT2D eigenvalue weighted by atomic mass is 9.81. The number of ether oxygens (including phenoxy) is 1. The Hall–Kier alpha value is -2.36. The number of rotatable bonds is 5. The second-order valence-corrected chi connectivity index (χ2v) is 9.40. The SMILES string of the molecule is CC1CC(O)(c2ccc(Cl)cn2)CC(COc2cc(C(F)(F)F)c3c(c2)ncn3C(C)C)N1. The minimum absolute atomic E-state index is 0.0393. The molecule has 0 spiro atoms. The minimum atomic E-state index is -4.55. The van der Waals surface area contributed by atoms with Gasteiger partial charge in [0.1, 0.15) is 18.0 Å². The van der Waals surface area contributed by atoms with E-state index in [1.807, 2.05) is 6.92 Å². The van der Waals surface area contributed by atoms with Crippen molar-refractivity contribution >= 4 is 22.6 Å². The van der Waals surface area contributed by atoms with E-state index in [-0.39, 0.29) is 41.5 Å². The predicted octanol–water partition coefficient (Wildman–Crippen LogP) is 5.09. The van der Waals surface area contributed by atoms with Gasteiger partial charge in [-0.3, -0.25) is 4.98 Å². The summed E-state index contributed by atoms with van der Waals surface area (Å²) in [6.45, 7) is 5.61. The number of nitrogens with zero attached hydrogens (tertiary/aromatic N) is 3. The Labute approximate surface area is 194 Å². The van der Waals surface area contributed by atoms with Crippen molar-refractivity contribution in [2.45, 2.75) is 63.5 Å². The number of nitrogens with one attached hydrogen (secondary N) is 1. The molecule has 3 unspecified atom stereocenters. The van der Waals surface area contributed by atoms with Crippen LogP contribution in [0.3, 0.4) is 0 Å². The number of aromatic nitrogens is 3. The molecule has 3 atom stereocenters. The Morgan fingerprint density at radius 3 is 2.67 bits per heavy atom. The summed E-state index contributed by atoms with van der Waals surface area (Å²) in [6.07, 6.45) is -0.922. The molecule has 1 fully saturated rings. The van der Waals surface area contributed by atoms with Crippen LogP contribution in [0.2, 0.25) is 5.02 Å². The Balaban J connectivity index is 1.57. The third-order valence-electron chi connectivity index (χ3n) is 5.91. The van der Waals surface area contributed by atoms with E-state index < -0.39 is 17.3 Å². The van der Waals surface area contributed by atoms with Crippen LogP contribution in [0, 0.1) is 0 Å². The third kappa shape index (κ3) is 4.95. The van der Waals surface area contributed by atoms with Gasteiger partial charge < -0.3 is 19.7 Å². The Kier molecular flexibility index (Phi) is 6.32. The van der Waals surface area contributed by atoms with E-state index in [1.165, 1.54) is 23.2 Å². The van der Waals surface area contributed by atoms with Gasteiger partial charge in [0.15, 0.2) is 0 Å². The molecule has 0 radical (unpaired) electrons. The second kappa shape index (κ2) is 8.77.